The zero-order chi connectivity index (χ0) is 24.6. The number of hydrogen-bond donors (Lipinski definition) is 4. The highest BCUT2D eigenvalue weighted by atomic mass is 32.2. The lowest BCUT2D eigenvalue weighted by Gasteiger charge is -2.14. The summed E-state index contributed by atoms with van der Waals surface area (Å²) < 4.78 is 33.7. The maximum absolute atomic E-state index is 13.0. The van der Waals surface area contributed by atoms with Crippen LogP contribution in [0.25, 0.3) is 0 Å². The number of carbonyl (C=O) groups is 2. The minimum Gasteiger partial charge on any atom is -0.495 e. The average molecular weight is 483 g/mol. The Morgan fingerprint density at radius 3 is 2.32 bits per heavy atom. The standard InChI is InChI=1S/C24H26N4O5S/c1-17-12-13-19(16-22(17)34(31,32)28-20-10-6-7-11-21(20)33-2)26-23(29)14-15-25-24(30)27-18-8-4-3-5-9-18/h3-13,16,28H,14-15H2,1-2H3,(H,26,29)(H2,25,27,30). The molecule has 3 rings (SSSR count). The summed E-state index contributed by atoms with van der Waals surface area (Å²) in [6.07, 6.45) is 0.0115. The van der Waals surface area contributed by atoms with E-state index in [0.717, 1.165) is 0 Å². The minimum atomic E-state index is -3.94. The molecule has 0 saturated carbocycles. The maximum atomic E-state index is 13.0. The van der Waals surface area contributed by atoms with Crippen molar-refractivity contribution in [1.82, 2.24) is 5.32 Å². The molecule has 3 amide bonds. The Morgan fingerprint density at radius 2 is 1.59 bits per heavy atom. The highest BCUT2D eigenvalue weighted by Crippen LogP contribution is 2.28. The number of amides is 3. The summed E-state index contributed by atoms with van der Waals surface area (Å²) in [4.78, 5) is 24.2. The molecule has 0 aromatic heterocycles. The van der Waals surface area contributed by atoms with Crippen LogP contribution in [0.4, 0.5) is 21.9 Å². The Labute approximate surface area is 198 Å². The summed E-state index contributed by atoms with van der Waals surface area (Å²) in [6.45, 7) is 1.77. The third kappa shape index (κ3) is 6.72. The molecule has 0 spiro atoms. The number of carbonyl (C=O) groups excluding carboxylic acids is 2. The molecule has 4 N–H and O–H groups in total. The molecule has 0 bridgehead atoms. The minimum absolute atomic E-state index is 0.0115. The predicted molar refractivity (Wildman–Crippen MR) is 132 cm³/mol. The summed E-state index contributed by atoms with van der Waals surface area (Å²) in [5.41, 5.74) is 1.78. The van der Waals surface area contributed by atoms with E-state index >= 15 is 0 Å². The second kappa shape index (κ2) is 11.2. The van der Waals surface area contributed by atoms with Crippen LogP contribution in [0, 0.1) is 6.92 Å². The Bertz CT molecular complexity index is 1260. The number of nitrogens with one attached hydrogen (secondary N) is 4. The van der Waals surface area contributed by atoms with E-state index in [-0.39, 0.29) is 23.8 Å². The van der Waals surface area contributed by atoms with E-state index in [9.17, 15) is 18.0 Å². The van der Waals surface area contributed by atoms with E-state index in [4.69, 9.17) is 4.74 Å². The maximum Gasteiger partial charge on any atom is 0.319 e. The smallest absolute Gasteiger partial charge is 0.319 e. The third-order valence-corrected chi connectivity index (χ3v) is 6.29. The predicted octanol–water partition coefficient (Wildman–Crippen LogP) is 3.95. The van der Waals surface area contributed by atoms with Gasteiger partial charge < -0.3 is 20.7 Å². The van der Waals surface area contributed by atoms with Crippen LogP contribution in [-0.2, 0) is 14.8 Å². The molecule has 3 aromatic rings. The highest BCUT2D eigenvalue weighted by molar-refractivity contribution is 7.92. The Hall–Kier alpha value is -4.05. The van der Waals surface area contributed by atoms with Crippen LogP contribution in [0.15, 0.2) is 77.7 Å². The lowest BCUT2D eigenvalue weighted by Crippen LogP contribution is -2.31. The van der Waals surface area contributed by atoms with Gasteiger partial charge in [-0.3, -0.25) is 9.52 Å². The number of ether oxygens (including phenoxy) is 1. The molecule has 0 unspecified atom stereocenters. The van der Waals surface area contributed by atoms with Crippen molar-refractivity contribution in [1.29, 1.82) is 0 Å². The molecule has 0 heterocycles. The second-order valence-electron chi connectivity index (χ2n) is 7.33. The van der Waals surface area contributed by atoms with E-state index in [1.807, 2.05) is 6.07 Å². The summed E-state index contributed by atoms with van der Waals surface area (Å²) in [5, 5.41) is 7.93. The number of hydrogen-bond acceptors (Lipinski definition) is 5. The molecule has 10 heteroatoms. The van der Waals surface area contributed by atoms with Gasteiger partial charge in [0, 0.05) is 24.3 Å². The van der Waals surface area contributed by atoms with E-state index in [0.29, 0.717) is 28.4 Å². The van der Waals surface area contributed by atoms with Gasteiger partial charge in [-0.1, -0.05) is 36.4 Å². The van der Waals surface area contributed by atoms with E-state index in [1.54, 1.807) is 67.6 Å². The first-order valence-corrected chi connectivity index (χ1v) is 11.9. The number of urea groups is 1. The summed E-state index contributed by atoms with van der Waals surface area (Å²) >= 11 is 0. The molecule has 0 aliphatic heterocycles. The van der Waals surface area contributed by atoms with Gasteiger partial charge in [0.05, 0.1) is 17.7 Å². The monoisotopic (exact) mass is 482 g/mol. The van der Waals surface area contributed by atoms with Crippen molar-refractivity contribution in [2.24, 2.45) is 0 Å². The fourth-order valence-corrected chi connectivity index (χ4v) is 4.45. The van der Waals surface area contributed by atoms with Crippen molar-refractivity contribution in [3.8, 4) is 5.75 Å². The molecule has 0 radical (unpaired) electrons. The number of rotatable bonds is 9. The van der Waals surface area contributed by atoms with E-state index < -0.39 is 16.1 Å². The van der Waals surface area contributed by atoms with Crippen LogP contribution in [0.1, 0.15) is 12.0 Å². The van der Waals surface area contributed by atoms with Gasteiger partial charge in [-0.15, -0.1) is 0 Å². The molecule has 9 nitrogen and oxygen atoms in total. The molecule has 0 aliphatic carbocycles. The SMILES string of the molecule is COc1ccccc1NS(=O)(=O)c1cc(NC(=O)CCNC(=O)Nc2ccccc2)ccc1C. The fourth-order valence-electron chi connectivity index (χ4n) is 3.11. The number of anilines is 3. The quantitative estimate of drug-likeness (QED) is 0.367. The van der Waals surface area contributed by atoms with Gasteiger partial charge in [-0.05, 0) is 48.9 Å². The van der Waals surface area contributed by atoms with E-state index in [2.05, 4.69) is 20.7 Å². The Balaban J connectivity index is 1.59. The molecule has 178 valence electrons. The van der Waals surface area contributed by atoms with Crippen molar-refractivity contribution < 1.29 is 22.7 Å². The van der Waals surface area contributed by atoms with Gasteiger partial charge in [0.25, 0.3) is 10.0 Å². The first-order chi connectivity index (χ1) is 16.3. The van der Waals surface area contributed by atoms with Crippen LogP contribution in [0.3, 0.4) is 0 Å². The number of aryl methyl sites for hydroxylation is 1. The van der Waals surface area contributed by atoms with Crippen LogP contribution in [0.2, 0.25) is 0 Å². The Morgan fingerprint density at radius 1 is 0.882 bits per heavy atom. The average Bonchev–Trinajstić information content (AvgIpc) is 2.81. The van der Waals surface area contributed by atoms with Crippen LogP contribution in [0.5, 0.6) is 5.75 Å². The van der Waals surface area contributed by atoms with E-state index in [1.165, 1.54) is 13.2 Å². The molecule has 0 atom stereocenters. The van der Waals surface area contributed by atoms with Crippen molar-refractivity contribution in [3.05, 3.63) is 78.4 Å². The zero-order valence-electron chi connectivity index (χ0n) is 18.8. The molecule has 0 fully saturated rings. The number of para-hydroxylation sites is 3. The molecule has 3 aromatic carbocycles. The van der Waals surface area contributed by atoms with Gasteiger partial charge in [0.2, 0.25) is 5.91 Å². The normalized spacial score (nSPS) is 10.8. The third-order valence-electron chi connectivity index (χ3n) is 4.78. The molecule has 0 saturated heterocycles. The van der Waals surface area contributed by atoms with Gasteiger partial charge in [-0.2, -0.15) is 0 Å². The summed E-state index contributed by atoms with van der Waals surface area (Å²) in [5.74, 6) is 0.0156. The van der Waals surface area contributed by atoms with Gasteiger partial charge in [0.15, 0.2) is 0 Å². The number of benzene rings is 3. The van der Waals surface area contributed by atoms with Crippen molar-refractivity contribution in [3.63, 3.8) is 0 Å². The molecular formula is C24H26N4O5S. The van der Waals surface area contributed by atoms with Gasteiger partial charge in [0.1, 0.15) is 5.75 Å². The first-order valence-electron chi connectivity index (χ1n) is 10.4. The second-order valence-corrected chi connectivity index (χ2v) is 8.98. The zero-order valence-corrected chi connectivity index (χ0v) is 19.6. The van der Waals surface area contributed by atoms with Gasteiger partial charge in [-0.25, -0.2) is 13.2 Å². The fraction of sp³-hybridized carbons (Fsp3) is 0.167. The van der Waals surface area contributed by atoms with Crippen LogP contribution in [-0.4, -0.2) is 34.0 Å². The van der Waals surface area contributed by atoms with Gasteiger partial charge >= 0.3 is 6.03 Å². The van der Waals surface area contributed by atoms with Crippen LogP contribution >= 0.6 is 0 Å². The number of sulfonamides is 1. The topological polar surface area (TPSA) is 126 Å². The highest BCUT2D eigenvalue weighted by Gasteiger charge is 2.20. The molecule has 0 aliphatic rings. The molecule has 34 heavy (non-hydrogen) atoms. The first kappa shape index (κ1) is 24.6. The van der Waals surface area contributed by atoms with Crippen molar-refractivity contribution in [2.45, 2.75) is 18.2 Å². The lowest BCUT2D eigenvalue weighted by atomic mass is 10.2. The van der Waals surface area contributed by atoms with Crippen molar-refractivity contribution in [2.75, 3.05) is 29.0 Å². The largest absolute Gasteiger partial charge is 0.495 e. The van der Waals surface area contributed by atoms with Crippen molar-refractivity contribution >= 4 is 39.0 Å². The lowest BCUT2D eigenvalue weighted by molar-refractivity contribution is -0.116. The number of methoxy groups -OCH3 is 1. The van der Waals surface area contributed by atoms with Crippen LogP contribution < -0.4 is 25.4 Å². The Kier molecular flexibility index (Phi) is 8.10. The summed E-state index contributed by atoms with van der Waals surface area (Å²) in [7, 11) is -2.49. The summed E-state index contributed by atoms with van der Waals surface area (Å²) in [6, 6.07) is 19.8. The molecular weight excluding hydrogens is 456 g/mol.